The molecule has 2 aromatic carbocycles. The van der Waals surface area contributed by atoms with E-state index in [-0.39, 0.29) is 17.2 Å². The molecule has 0 aliphatic carbocycles. The predicted molar refractivity (Wildman–Crippen MR) is 120 cm³/mol. The molecule has 0 radical (unpaired) electrons. The standard InChI is InChI=1S/C23H25N3O3S/c1-16-8-7-13-25(14-16)21(27)15-30-23-24-18-10-4-3-9-17(18)22(28)26(23)19-11-5-6-12-20(19)29-2/h3-6,9-12,16H,7-8,13-15H2,1-2H3/t16-/m1/s1. The summed E-state index contributed by atoms with van der Waals surface area (Å²) < 4.78 is 7.04. The number of carbonyl (C=O) groups excluding carboxylic acids is 1. The highest BCUT2D eigenvalue weighted by Crippen LogP contribution is 2.27. The first-order valence-electron chi connectivity index (χ1n) is 10.1. The first kappa shape index (κ1) is 20.5. The van der Waals surface area contributed by atoms with Crippen molar-refractivity contribution in [3.05, 3.63) is 58.9 Å². The summed E-state index contributed by atoms with van der Waals surface area (Å²) in [6.45, 7) is 3.77. The molecule has 0 spiro atoms. The minimum absolute atomic E-state index is 0.0838. The van der Waals surface area contributed by atoms with Crippen LogP contribution < -0.4 is 10.3 Å². The lowest BCUT2D eigenvalue weighted by atomic mass is 10.0. The average molecular weight is 424 g/mol. The molecule has 1 aliphatic heterocycles. The van der Waals surface area contributed by atoms with Crippen LogP contribution in [0.4, 0.5) is 0 Å². The summed E-state index contributed by atoms with van der Waals surface area (Å²) in [6.07, 6.45) is 2.20. The van der Waals surface area contributed by atoms with Crippen molar-refractivity contribution in [2.45, 2.75) is 24.9 Å². The van der Waals surface area contributed by atoms with Gasteiger partial charge in [-0.25, -0.2) is 4.98 Å². The summed E-state index contributed by atoms with van der Waals surface area (Å²) in [5, 5.41) is 1.02. The number of thioether (sulfide) groups is 1. The Labute approximate surface area is 179 Å². The number of nitrogens with zero attached hydrogens (tertiary/aromatic N) is 3. The number of likely N-dealkylation sites (tertiary alicyclic amines) is 1. The third kappa shape index (κ3) is 4.07. The first-order chi connectivity index (χ1) is 14.6. The molecule has 0 unspecified atom stereocenters. The second-order valence-corrected chi connectivity index (χ2v) is 8.54. The Balaban J connectivity index is 1.73. The smallest absolute Gasteiger partial charge is 0.266 e. The van der Waals surface area contributed by atoms with E-state index in [9.17, 15) is 9.59 Å². The number of carbonyl (C=O) groups is 1. The molecule has 0 N–H and O–H groups in total. The third-order valence-electron chi connectivity index (χ3n) is 5.41. The van der Waals surface area contributed by atoms with E-state index in [2.05, 4.69) is 6.92 Å². The molecule has 1 fully saturated rings. The molecule has 6 nitrogen and oxygen atoms in total. The maximum Gasteiger partial charge on any atom is 0.266 e. The molecule has 1 amide bonds. The van der Waals surface area contributed by atoms with Crippen LogP contribution in [0.3, 0.4) is 0 Å². The van der Waals surface area contributed by atoms with Crippen LogP contribution in [0.1, 0.15) is 19.8 Å². The number of piperidine rings is 1. The molecule has 3 aromatic rings. The molecule has 0 saturated carbocycles. The quantitative estimate of drug-likeness (QED) is 0.462. The maximum absolute atomic E-state index is 13.4. The van der Waals surface area contributed by atoms with Crippen LogP contribution >= 0.6 is 11.8 Å². The number of ether oxygens (including phenoxy) is 1. The van der Waals surface area contributed by atoms with Gasteiger partial charge < -0.3 is 9.64 Å². The van der Waals surface area contributed by atoms with E-state index < -0.39 is 0 Å². The number of aromatic nitrogens is 2. The summed E-state index contributed by atoms with van der Waals surface area (Å²) in [5.41, 5.74) is 1.06. The Morgan fingerprint density at radius 2 is 1.97 bits per heavy atom. The van der Waals surface area contributed by atoms with Crippen LogP contribution in [0.2, 0.25) is 0 Å². The molecular formula is C23H25N3O3S. The van der Waals surface area contributed by atoms with Crippen molar-refractivity contribution in [2.24, 2.45) is 5.92 Å². The van der Waals surface area contributed by atoms with Crippen molar-refractivity contribution >= 4 is 28.6 Å². The fraction of sp³-hybridized carbons (Fsp3) is 0.348. The van der Waals surface area contributed by atoms with E-state index in [0.29, 0.717) is 33.4 Å². The van der Waals surface area contributed by atoms with Crippen molar-refractivity contribution in [1.82, 2.24) is 14.5 Å². The first-order valence-corrected chi connectivity index (χ1v) is 11.1. The Hall–Kier alpha value is -2.80. The third-order valence-corrected chi connectivity index (χ3v) is 6.33. The van der Waals surface area contributed by atoms with E-state index in [0.717, 1.165) is 25.9 Å². The second-order valence-electron chi connectivity index (χ2n) is 7.60. The SMILES string of the molecule is COc1ccccc1-n1c(SCC(=O)N2CCC[C@@H](C)C2)nc2ccccc2c1=O. The van der Waals surface area contributed by atoms with E-state index in [1.165, 1.54) is 11.8 Å². The fourth-order valence-electron chi connectivity index (χ4n) is 3.87. The van der Waals surface area contributed by atoms with Crippen molar-refractivity contribution < 1.29 is 9.53 Å². The molecule has 7 heteroatoms. The van der Waals surface area contributed by atoms with Crippen molar-refractivity contribution in [3.8, 4) is 11.4 Å². The lowest BCUT2D eigenvalue weighted by Gasteiger charge is -2.30. The van der Waals surface area contributed by atoms with Crippen LogP contribution in [0, 0.1) is 5.92 Å². The van der Waals surface area contributed by atoms with Gasteiger partial charge in [0.2, 0.25) is 5.91 Å². The summed E-state index contributed by atoms with van der Waals surface area (Å²) in [4.78, 5) is 32.8. The lowest BCUT2D eigenvalue weighted by Crippen LogP contribution is -2.40. The summed E-state index contributed by atoms with van der Waals surface area (Å²) in [7, 11) is 1.58. The number of methoxy groups -OCH3 is 1. The zero-order valence-corrected chi connectivity index (χ0v) is 18.0. The van der Waals surface area contributed by atoms with Gasteiger partial charge in [-0.1, -0.05) is 43.0 Å². The van der Waals surface area contributed by atoms with Gasteiger partial charge in [-0.2, -0.15) is 0 Å². The highest BCUT2D eigenvalue weighted by atomic mass is 32.2. The second kappa shape index (κ2) is 8.92. The van der Waals surface area contributed by atoms with Crippen LogP contribution in [0.25, 0.3) is 16.6 Å². The Morgan fingerprint density at radius 3 is 2.77 bits per heavy atom. The molecule has 1 aliphatic rings. The summed E-state index contributed by atoms with van der Waals surface area (Å²) in [5.74, 6) is 1.43. The van der Waals surface area contributed by atoms with Gasteiger partial charge in [0.1, 0.15) is 5.75 Å². The van der Waals surface area contributed by atoms with Crippen molar-refractivity contribution in [3.63, 3.8) is 0 Å². The molecule has 1 atom stereocenters. The molecule has 4 rings (SSSR count). The molecule has 1 saturated heterocycles. The van der Waals surface area contributed by atoms with E-state index >= 15 is 0 Å². The number of para-hydroxylation sites is 3. The monoisotopic (exact) mass is 423 g/mol. The zero-order chi connectivity index (χ0) is 21.1. The van der Waals surface area contributed by atoms with E-state index in [4.69, 9.17) is 9.72 Å². The molecule has 1 aromatic heterocycles. The van der Waals surface area contributed by atoms with Gasteiger partial charge in [0, 0.05) is 13.1 Å². The van der Waals surface area contributed by atoms with Crippen LogP contribution in [-0.4, -0.2) is 46.3 Å². The lowest BCUT2D eigenvalue weighted by molar-refractivity contribution is -0.130. The van der Waals surface area contributed by atoms with Crippen LogP contribution in [0.5, 0.6) is 5.75 Å². The number of benzene rings is 2. The summed E-state index contributed by atoms with van der Waals surface area (Å²) >= 11 is 1.30. The van der Waals surface area contributed by atoms with Gasteiger partial charge in [0.15, 0.2) is 5.16 Å². The topological polar surface area (TPSA) is 64.4 Å². The maximum atomic E-state index is 13.4. The highest BCUT2D eigenvalue weighted by molar-refractivity contribution is 7.99. The predicted octanol–water partition coefficient (Wildman–Crippen LogP) is 3.74. The molecule has 30 heavy (non-hydrogen) atoms. The van der Waals surface area contributed by atoms with Crippen molar-refractivity contribution in [1.29, 1.82) is 0 Å². The van der Waals surface area contributed by atoms with E-state index in [1.807, 2.05) is 47.4 Å². The van der Waals surface area contributed by atoms with Crippen LogP contribution in [0.15, 0.2) is 58.5 Å². The minimum atomic E-state index is -0.174. The number of amides is 1. The zero-order valence-electron chi connectivity index (χ0n) is 17.2. The van der Waals surface area contributed by atoms with Gasteiger partial charge in [-0.05, 0) is 43.0 Å². The normalized spacial score (nSPS) is 16.6. The Bertz CT molecular complexity index is 1130. The molecular weight excluding hydrogens is 398 g/mol. The number of fused-ring (bicyclic) bond motifs is 1. The van der Waals surface area contributed by atoms with Gasteiger partial charge in [0.05, 0.1) is 29.5 Å². The Kier molecular flexibility index (Phi) is 6.08. The number of hydrogen-bond acceptors (Lipinski definition) is 5. The van der Waals surface area contributed by atoms with Gasteiger partial charge >= 0.3 is 0 Å². The average Bonchev–Trinajstić information content (AvgIpc) is 2.77. The summed E-state index contributed by atoms with van der Waals surface area (Å²) in [6, 6.07) is 14.6. The number of rotatable bonds is 5. The van der Waals surface area contributed by atoms with Crippen molar-refractivity contribution in [2.75, 3.05) is 26.0 Å². The van der Waals surface area contributed by atoms with E-state index in [1.54, 1.807) is 17.7 Å². The number of hydrogen-bond donors (Lipinski definition) is 0. The van der Waals surface area contributed by atoms with Gasteiger partial charge in [-0.15, -0.1) is 0 Å². The van der Waals surface area contributed by atoms with Gasteiger partial charge in [-0.3, -0.25) is 14.2 Å². The fourth-order valence-corrected chi connectivity index (χ4v) is 4.78. The molecule has 156 valence electrons. The highest BCUT2D eigenvalue weighted by Gasteiger charge is 2.22. The Morgan fingerprint density at radius 1 is 1.20 bits per heavy atom. The largest absolute Gasteiger partial charge is 0.495 e. The minimum Gasteiger partial charge on any atom is -0.495 e. The molecule has 0 bridgehead atoms. The molecule has 2 heterocycles. The van der Waals surface area contributed by atoms with Gasteiger partial charge in [0.25, 0.3) is 5.56 Å². The van der Waals surface area contributed by atoms with Crippen LogP contribution in [-0.2, 0) is 4.79 Å².